The number of carboxylic acid groups (broad SMARTS) is 1. The molecule has 9 rings (SSSR count). The molecule has 6 aromatic rings. The van der Waals surface area contributed by atoms with Crippen LogP contribution in [0, 0.1) is 0 Å². The van der Waals surface area contributed by atoms with Gasteiger partial charge in [-0.15, -0.1) is 0 Å². The van der Waals surface area contributed by atoms with E-state index in [2.05, 4.69) is 5.32 Å². The van der Waals surface area contributed by atoms with Gasteiger partial charge in [0.25, 0.3) is 0 Å². The standard InChI is InChI=1S/C27H25F10NO3.C22H17F10NO.C16H10F9N.C10H16FNO4.6H2S/c1-24(2,3)41-23(40)38-13-20(28)12-21(38)22(39)5-4-14-6-15(8-17(7-14)25(29,30)31)16-9-18(26(32,33)34)11-19(10-16)27(35,36)37;23-17-9-18(33-10-17)19(34)2-1-11-3-12(5-14(4-11)20(24,25)26)13-6-15(21(27,28)29)8-16(7-13)22(30,31)32;17-14(18,19)11-2-8(7-26)1-9(3-11)10-4-12(15(20,21)22)6-13(5-10)16(23,24)25;1-10(2,3)16-9(15)12-5-6(11)4-7(12)8(13)14;;;;;;/h6-11,20-21H,4-5,12-13H2,1-3H3;3-8,17-18,33H,1-2,9-10H2;1-6H,7,26H2;6-7H,4-5H2,1-3H3,(H,13,14);6*1H2/t20-,21-;17-,18-;;6-,7-;;;;;;/m00.0....../s1. The predicted molar refractivity (Wildman–Crippen MR) is 419 cm³/mol. The Labute approximate surface area is 723 Å². The van der Waals surface area contributed by atoms with Crippen LogP contribution >= 0.6 is 81.0 Å². The van der Waals surface area contributed by atoms with Gasteiger partial charge < -0.3 is 25.6 Å². The number of nitrogens with one attached hydrogen (secondary N) is 1. The van der Waals surface area contributed by atoms with Gasteiger partial charge in [-0.2, -0.15) is 200 Å². The molecule has 3 aliphatic rings. The number of Topliss-reactive ketones (excluding diaryl/α,β-unsaturated/α-hetero) is 2. The van der Waals surface area contributed by atoms with E-state index in [1.54, 1.807) is 41.5 Å². The Morgan fingerprint density at radius 3 is 0.829 bits per heavy atom. The van der Waals surface area contributed by atoms with E-state index in [-0.39, 0.29) is 168 Å². The molecule has 0 unspecified atom stereocenters. The fourth-order valence-corrected chi connectivity index (χ4v) is 11.8. The Balaban J connectivity index is 0.00000166. The van der Waals surface area contributed by atoms with Crippen molar-refractivity contribution in [1.29, 1.82) is 0 Å². The molecule has 48 heteroatoms. The average molecular weight is 1930 g/mol. The lowest BCUT2D eigenvalue weighted by atomic mass is 9.93. The number of hydrogen-bond acceptors (Lipinski definition) is 9. The number of ketones is 2. The number of halogens is 30. The smallest absolute Gasteiger partial charge is 0.416 e. The monoisotopic (exact) mass is 1930 g/mol. The van der Waals surface area contributed by atoms with E-state index in [0.717, 1.165) is 28.0 Å². The molecule has 4 N–H and O–H groups in total. The molecule has 12 nitrogen and oxygen atoms in total. The molecule has 123 heavy (non-hydrogen) atoms. The summed E-state index contributed by atoms with van der Waals surface area (Å²) in [6, 6.07) is 4.77. The van der Waals surface area contributed by atoms with Gasteiger partial charge >= 0.3 is 73.7 Å². The lowest BCUT2D eigenvalue weighted by molar-refractivity contribution is -0.144. The van der Waals surface area contributed by atoms with Crippen LogP contribution in [-0.4, -0.2) is 112 Å². The summed E-state index contributed by atoms with van der Waals surface area (Å²) >= 11 is 0. The van der Waals surface area contributed by atoms with Crippen LogP contribution in [0.4, 0.5) is 141 Å². The maximum atomic E-state index is 14.1. The molecular formula is C75H80F30N4O8S6. The van der Waals surface area contributed by atoms with Gasteiger partial charge in [0.2, 0.25) is 0 Å². The van der Waals surface area contributed by atoms with Crippen molar-refractivity contribution in [3.8, 4) is 33.4 Å². The molecular weight excluding hydrogens is 1850 g/mol. The number of carboxylic acids is 1. The van der Waals surface area contributed by atoms with Crippen molar-refractivity contribution in [2.24, 2.45) is 5.73 Å². The van der Waals surface area contributed by atoms with Gasteiger partial charge in [0.1, 0.15) is 41.5 Å². The fourth-order valence-electron chi connectivity index (χ4n) is 11.8. The third-order valence-corrected chi connectivity index (χ3v) is 17.2. The van der Waals surface area contributed by atoms with Gasteiger partial charge in [0.05, 0.1) is 75.2 Å². The number of likely N-dealkylation sites (tertiary alicyclic amines) is 2. The molecule has 0 bridgehead atoms. The van der Waals surface area contributed by atoms with Gasteiger partial charge in [0.15, 0.2) is 5.78 Å². The topological polar surface area (TPSA) is 169 Å². The highest BCUT2D eigenvalue weighted by Gasteiger charge is 2.46. The summed E-state index contributed by atoms with van der Waals surface area (Å²) in [5.41, 5.74) is -14.3. The van der Waals surface area contributed by atoms with E-state index >= 15 is 0 Å². The second-order valence-corrected chi connectivity index (χ2v) is 28.9. The first kappa shape index (κ1) is 116. The van der Waals surface area contributed by atoms with Crippen LogP contribution in [0.15, 0.2) is 109 Å². The Kier molecular flexibility index (Phi) is 41.2. The van der Waals surface area contributed by atoms with Crippen LogP contribution < -0.4 is 11.1 Å². The number of carbonyl (C=O) groups is 5. The number of rotatable bonds is 13. The summed E-state index contributed by atoms with van der Waals surface area (Å²) in [4.78, 5) is 61.8. The molecule has 0 radical (unpaired) electrons. The van der Waals surface area contributed by atoms with Gasteiger partial charge in [-0.05, 0) is 202 Å². The summed E-state index contributed by atoms with van der Waals surface area (Å²) in [5.74, 6) is -2.36. The quantitative estimate of drug-likeness (QED) is 0.0947. The molecule has 0 aromatic heterocycles. The van der Waals surface area contributed by atoms with E-state index in [9.17, 15) is 156 Å². The molecule has 3 fully saturated rings. The average Bonchev–Trinajstić information content (AvgIpc) is 1.76. The summed E-state index contributed by atoms with van der Waals surface area (Å²) in [7, 11) is 0. The summed E-state index contributed by atoms with van der Waals surface area (Å²) in [6.07, 6.45) is -53.7. The van der Waals surface area contributed by atoms with Crippen LogP contribution in [0.25, 0.3) is 33.4 Å². The van der Waals surface area contributed by atoms with Crippen molar-refractivity contribution < 1.29 is 170 Å². The van der Waals surface area contributed by atoms with E-state index in [1.165, 1.54) is 0 Å². The maximum Gasteiger partial charge on any atom is 0.416 e. The summed E-state index contributed by atoms with van der Waals surface area (Å²) in [6.45, 7) is 8.61. The highest BCUT2D eigenvalue weighted by Crippen LogP contribution is 2.46. The van der Waals surface area contributed by atoms with Gasteiger partial charge in [-0.3, -0.25) is 19.4 Å². The summed E-state index contributed by atoms with van der Waals surface area (Å²) in [5, 5.41) is 11.5. The van der Waals surface area contributed by atoms with E-state index in [0.29, 0.717) is 72.8 Å². The van der Waals surface area contributed by atoms with Gasteiger partial charge in [-0.1, -0.05) is 12.1 Å². The molecule has 2 amide bonds. The van der Waals surface area contributed by atoms with Crippen molar-refractivity contribution in [1.82, 2.24) is 15.1 Å². The van der Waals surface area contributed by atoms with Crippen molar-refractivity contribution in [2.45, 2.75) is 196 Å². The number of aliphatic carboxylic acids is 1. The molecule has 0 aliphatic carbocycles. The Morgan fingerprint density at radius 1 is 0.350 bits per heavy atom. The third kappa shape index (κ3) is 34.4. The lowest BCUT2D eigenvalue weighted by Crippen LogP contribution is -2.43. The minimum atomic E-state index is -5.22. The number of nitrogens with zero attached hydrogens (tertiary/aromatic N) is 2. The van der Waals surface area contributed by atoms with Crippen molar-refractivity contribution in [3.05, 3.63) is 176 Å². The molecule has 694 valence electrons. The van der Waals surface area contributed by atoms with Gasteiger partial charge in [0, 0.05) is 45.2 Å². The second kappa shape index (κ2) is 43.9. The first-order valence-corrected chi connectivity index (χ1v) is 34.2. The largest absolute Gasteiger partial charge is 0.480 e. The van der Waals surface area contributed by atoms with Gasteiger partial charge in [-0.25, -0.2) is 27.6 Å². The number of amides is 2. The number of aryl methyl sites for hydroxylation is 2. The zero-order chi connectivity index (χ0) is 89.0. The van der Waals surface area contributed by atoms with Crippen molar-refractivity contribution in [2.75, 3.05) is 19.6 Å². The highest BCUT2D eigenvalue weighted by molar-refractivity contribution is 7.60. The molecule has 3 saturated heterocycles. The van der Waals surface area contributed by atoms with Crippen LogP contribution in [0.2, 0.25) is 0 Å². The number of nitrogens with two attached hydrogens (primary N) is 1. The molecule has 3 heterocycles. The Hall–Kier alpha value is -7.41. The molecule has 6 atom stereocenters. The van der Waals surface area contributed by atoms with Crippen molar-refractivity contribution >= 4 is 111 Å². The number of benzene rings is 6. The van der Waals surface area contributed by atoms with E-state index in [1.807, 2.05) is 0 Å². The molecule has 0 saturated carbocycles. The number of alkyl halides is 30. The highest BCUT2D eigenvalue weighted by atomic mass is 32.1. The minimum absolute atomic E-state index is 0. The minimum Gasteiger partial charge on any atom is -0.480 e. The van der Waals surface area contributed by atoms with Crippen LogP contribution in [0.3, 0.4) is 0 Å². The fraction of sp³-hybridized carbons (Fsp3) is 0.453. The van der Waals surface area contributed by atoms with Crippen LogP contribution in [0.5, 0.6) is 0 Å². The SMILES string of the molecule is CC(C)(C)OC(=O)N1C[C@@H](F)C[C@H]1C(=O)CCc1cc(-c2cc(C(F)(F)F)cc(C(F)(F)F)c2)cc(C(F)(F)F)c1.CC(C)(C)OC(=O)N1C[C@@H](F)C[C@H]1C(=O)O.NCc1cc(-c2cc(C(F)(F)F)cc(C(F)(F)F)c2)cc(C(F)(F)F)c1.O=C(CCc1cc(-c2cc(C(F)(F)F)cc(C(F)(F)F)c2)cc(C(F)(F)F)c1)[C@@H]1C[C@H](F)CN1.S.S.S.S.S.S. The zero-order valence-corrected chi connectivity index (χ0v) is 70.3. The number of hydrogen-bond donors (Lipinski definition) is 3. The van der Waals surface area contributed by atoms with E-state index in [4.69, 9.17) is 20.3 Å². The number of carbonyl (C=O) groups excluding carboxylic acids is 4. The molecule has 6 aromatic carbocycles. The normalized spacial score (nSPS) is 17.7. The van der Waals surface area contributed by atoms with Crippen LogP contribution in [0.1, 0.15) is 140 Å². The maximum absolute atomic E-state index is 14.1. The third-order valence-electron chi connectivity index (χ3n) is 17.2. The first-order chi connectivity index (χ1) is 53.0. The predicted octanol–water partition coefficient (Wildman–Crippen LogP) is 22.8. The Bertz CT molecular complexity index is 4460. The Morgan fingerprint density at radius 2 is 0.585 bits per heavy atom. The van der Waals surface area contributed by atoms with Crippen LogP contribution in [-0.2, 0) is 98.8 Å². The van der Waals surface area contributed by atoms with E-state index < -0.39 is 236 Å². The van der Waals surface area contributed by atoms with Crippen molar-refractivity contribution in [3.63, 3.8) is 0 Å². The zero-order valence-electron chi connectivity index (χ0n) is 64.3. The molecule has 0 spiro atoms. The lowest BCUT2D eigenvalue weighted by Gasteiger charge is -2.27. The summed E-state index contributed by atoms with van der Waals surface area (Å²) < 4.78 is 407. The first-order valence-electron chi connectivity index (χ1n) is 34.2. The number of ether oxygens (including phenoxy) is 2. The second-order valence-electron chi connectivity index (χ2n) is 28.9. The molecule has 3 aliphatic heterocycles.